The molecule has 2 rings (SSSR count). The molecule has 1 N–H and O–H groups in total. The third-order valence-corrected chi connectivity index (χ3v) is 3.48. The third kappa shape index (κ3) is 2.78. The van der Waals surface area contributed by atoms with Crippen molar-refractivity contribution in [2.45, 2.75) is 38.1 Å². The van der Waals surface area contributed by atoms with Gasteiger partial charge < -0.3 is 5.32 Å². The van der Waals surface area contributed by atoms with Gasteiger partial charge in [-0.3, -0.25) is 4.98 Å². The Bertz CT molecular complexity index is 284. The van der Waals surface area contributed by atoms with Gasteiger partial charge in [0.25, 0.3) is 0 Å². The summed E-state index contributed by atoms with van der Waals surface area (Å²) in [5.41, 5.74) is 1.24. The lowest BCUT2D eigenvalue weighted by Crippen LogP contribution is -2.37. The molecule has 1 aromatic heterocycles. The molecule has 2 unspecified atom stereocenters. The summed E-state index contributed by atoms with van der Waals surface area (Å²) in [5, 5.41) is 3.45. The second-order valence-electron chi connectivity index (χ2n) is 4.46. The Labute approximate surface area is 92.1 Å². The molecule has 1 aromatic rings. The summed E-state index contributed by atoms with van der Waals surface area (Å²) in [5.74, 6) is 0.777. The van der Waals surface area contributed by atoms with Crippen molar-refractivity contribution in [1.82, 2.24) is 10.3 Å². The molecule has 0 radical (unpaired) electrons. The van der Waals surface area contributed by atoms with Crippen molar-refractivity contribution in [3.05, 3.63) is 30.1 Å². The third-order valence-electron chi connectivity index (χ3n) is 3.48. The minimum atomic E-state index is 0.695. The van der Waals surface area contributed by atoms with Crippen LogP contribution >= 0.6 is 0 Å². The van der Waals surface area contributed by atoms with E-state index in [1.165, 1.54) is 31.4 Å². The van der Waals surface area contributed by atoms with Gasteiger partial charge >= 0.3 is 0 Å². The second kappa shape index (κ2) is 5.26. The van der Waals surface area contributed by atoms with Gasteiger partial charge in [0.15, 0.2) is 0 Å². The fraction of sp³-hybridized carbons (Fsp3) is 0.615. The SMILES string of the molecule is CNC1CCCCC1Cc1ccccn1. The smallest absolute Gasteiger partial charge is 0.0406 e. The predicted octanol–water partition coefficient (Wildman–Crippen LogP) is 2.40. The highest BCUT2D eigenvalue weighted by atomic mass is 14.9. The van der Waals surface area contributed by atoms with Crippen molar-refractivity contribution in [2.75, 3.05) is 7.05 Å². The van der Waals surface area contributed by atoms with Crippen molar-refractivity contribution in [3.63, 3.8) is 0 Å². The summed E-state index contributed by atoms with van der Waals surface area (Å²) < 4.78 is 0. The molecule has 2 atom stereocenters. The zero-order valence-electron chi connectivity index (χ0n) is 9.45. The van der Waals surface area contributed by atoms with Gasteiger partial charge in [0.05, 0.1) is 0 Å². The number of nitrogens with one attached hydrogen (secondary N) is 1. The lowest BCUT2D eigenvalue weighted by molar-refractivity contribution is 0.271. The normalized spacial score (nSPS) is 26.5. The molecule has 1 saturated carbocycles. The van der Waals surface area contributed by atoms with Crippen LogP contribution in [0.25, 0.3) is 0 Å². The van der Waals surface area contributed by atoms with Gasteiger partial charge in [-0.2, -0.15) is 0 Å². The molecule has 0 amide bonds. The van der Waals surface area contributed by atoms with E-state index in [-0.39, 0.29) is 0 Å². The minimum Gasteiger partial charge on any atom is -0.317 e. The Morgan fingerprint density at radius 2 is 2.20 bits per heavy atom. The molecule has 0 bridgehead atoms. The zero-order valence-corrected chi connectivity index (χ0v) is 9.45. The van der Waals surface area contributed by atoms with Crippen LogP contribution in [0.2, 0.25) is 0 Å². The molecule has 0 aromatic carbocycles. The Balaban J connectivity index is 1.97. The van der Waals surface area contributed by atoms with Crippen molar-refractivity contribution in [1.29, 1.82) is 0 Å². The zero-order chi connectivity index (χ0) is 10.5. The first-order valence-electron chi connectivity index (χ1n) is 5.97. The monoisotopic (exact) mass is 204 g/mol. The van der Waals surface area contributed by atoms with Gasteiger partial charge in [-0.05, 0) is 44.4 Å². The van der Waals surface area contributed by atoms with Gasteiger partial charge in [0.2, 0.25) is 0 Å². The Kier molecular flexibility index (Phi) is 3.73. The lowest BCUT2D eigenvalue weighted by Gasteiger charge is -2.31. The lowest BCUT2D eigenvalue weighted by atomic mass is 9.82. The van der Waals surface area contributed by atoms with E-state index in [4.69, 9.17) is 0 Å². The summed E-state index contributed by atoms with van der Waals surface area (Å²) in [4.78, 5) is 4.41. The molecule has 2 nitrogen and oxygen atoms in total. The van der Waals surface area contributed by atoms with E-state index < -0.39 is 0 Å². The van der Waals surface area contributed by atoms with Crippen LogP contribution in [0.5, 0.6) is 0 Å². The highest BCUT2D eigenvalue weighted by molar-refractivity contribution is 5.05. The standard InChI is InChI=1S/C13H20N2/c1-14-13-8-3-2-6-11(13)10-12-7-4-5-9-15-12/h4-5,7,9,11,13-14H,2-3,6,8,10H2,1H3. The van der Waals surface area contributed by atoms with E-state index in [9.17, 15) is 0 Å². The van der Waals surface area contributed by atoms with Gasteiger partial charge in [-0.15, -0.1) is 0 Å². The molecule has 1 fully saturated rings. The summed E-state index contributed by atoms with van der Waals surface area (Å²) in [6.07, 6.45) is 8.47. The van der Waals surface area contributed by atoms with Crippen LogP contribution in [0.3, 0.4) is 0 Å². The van der Waals surface area contributed by atoms with Crippen molar-refractivity contribution >= 4 is 0 Å². The molecular weight excluding hydrogens is 184 g/mol. The van der Waals surface area contributed by atoms with Crippen LogP contribution in [-0.4, -0.2) is 18.1 Å². The number of rotatable bonds is 3. The maximum absolute atomic E-state index is 4.41. The number of aromatic nitrogens is 1. The summed E-state index contributed by atoms with van der Waals surface area (Å²) in [7, 11) is 2.08. The quantitative estimate of drug-likeness (QED) is 0.818. The molecule has 1 aliphatic rings. The first kappa shape index (κ1) is 10.6. The van der Waals surface area contributed by atoms with E-state index in [1.807, 2.05) is 12.3 Å². The second-order valence-corrected chi connectivity index (χ2v) is 4.46. The molecule has 1 heterocycles. The van der Waals surface area contributed by atoms with Crippen LogP contribution in [-0.2, 0) is 6.42 Å². The van der Waals surface area contributed by atoms with Crippen LogP contribution < -0.4 is 5.32 Å². The van der Waals surface area contributed by atoms with E-state index in [2.05, 4.69) is 29.5 Å². The molecule has 0 saturated heterocycles. The average molecular weight is 204 g/mol. The Hall–Kier alpha value is -0.890. The van der Waals surface area contributed by atoms with Crippen LogP contribution in [0, 0.1) is 5.92 Å². The maximum Gasteiger partial charge on any atom is 0.0406 e. The van der Waals surface area contributed by atoms with E-state index in [0.29, 0.717) is 6.04 Å². The highest BCUT2D eigenvalue weighted by Crippen LogP contribution is 2.26. The van der Waals surface area contributed by atoms with Crippen molar-refractivity contribution < 1.29 is 0 Å². The summed E-state index contributed by atoms with van der Waals surface area (Å²) in [6, 6.07) is 6.90. The van der Waals surface area contributed by atoms with Crippen LogP contribution in [0.4, 0.5) is 0 Å². The number of nitrogens with zero attached hydrogens (tertiary/aromatic N) is 1. The molecule has 0 aliphatic heterocycles. The van der Waals surface area contributed by atoms with Crippen LogP contribution in [0.15, 0.2) is 24.4 Å². The first-order valence-corrected chi connectivity index (χ1v) is 5.97. The van der Waals surface area contributed by atoms with Gasteiger partial charge in [-0.1, -0.05) is 18.9 Å². The molecule has 0 spiro atoms. The molecule has 82 valence electrons. The maximum atomic E-state index is 4.41. The summed E-state index contributed by atoms with van der Waals surface area (Å²) >= 11 is 0. The fourth-order valence-corrected chi connectivity index (χ4v) is 2.62. The fourth-order valence-electron chi connectivity index (χ4n) is 2.62. The minimum absolute atomic E-state index is 0.695. The summed E-state index contributed by atoms with van der Waals surface area (Å²) in [6.45, 7) is 0. The number of hydrogen-bond donors (Lipinski definition) is 1. The van der Waals surface area contributed by atoms with Gasteiger partial charge in [0.1, 0.15) is 0 Å². The number of hydrogen-bond acceptors (Lipinski definition) is 2. The van der Waals surface area contributed by atoms with Gasteiger partial charge in [0, 0.05) is 17.9 Å². The van der Waals surface area contributed by atoms with Crippen LogP contribution in [0.1, 0.15) is 31.4 Å². The van der Waals surface area contributed by atoms with Crippen molar-refractivity contribution in [3.8, 4) is 0 Å². The topological polar surface area (TPSA) is 24.9 Å². The molecule has 1 aliphatic carbocycles. The van der Waals surface area contributed by atoms with Gasteiger partial charge in [-0.25, -0.2) is 0 Å². The average Bonchev–Trinajstić information content (AvgIpc) is 2.31. The van der Waals surface area contributed by atoms with Crippen molar-refractivity contribution in [2.24, 2.45) is 5.92 Å². The molecular formula is C13H20N2. The Morgan fingerprint density at radius 1 is 1.33 bits per heavy atom. The number of pyridine rings is 1. The largest absolute Gasteiger partial charge is 0.317 e. The van der Waals surface area contributed by atoms with E-state index in [1.54, 1.807) is 0 Å². The predicted molar refractivity (Wildman–Crippen MR) is 62.7 cm³/mol. The van der Waals surface area contributed by atoms with E-state index >= 15 is 0 Å². The molecule has 2 heteroatoms. The Morgan fingerprint density at radius 3 is 2.93 bits per heavy atom. The molecule has 15 heavy (non-hydrogen) atoms. The van der Waals surface area contributed by atoms with E-state index in [0.717, 1.165) is 12.3 Å². The highest BCUT2D eigenvalue weighted by Gasteiger charge is 2.23. The first-order chi connectivity index (χ1) is 7.40.